The van der Waals surface area contributed by atoms with Gasteiger partial charge in [-0.05, 0) is 13.8 Å². The predicted molar refractivity (Wildman–Crippen MR) is 176 cm³/mol. The summed E-state index contributed by atoms with van der Waals surface area (Å²) in [5.41, 5.74) is 0. The number of amides is 1. The molecule has 5 fully saturated rings. The van der Waals surface area contributed by atoms with Crippen LogP contribution in [0.25, 0.3) is 0 Å². The third kappa shape index (κ3) is 9.58. The lowest BCUT2D eigenvalue weighted by molar-refractivity contribution is -0.402. The summed E-state index contributed by atoms with van der Waals surface area (Å²) < 4.78 is 51.0. The Labute approximate surface area is 328 Å². The van der Waals surface area contributed by atoms with Crippen molar-refractivity contribution in [3.8, 4) is 0 Å². The summed E-state index contributed by atoms with van der Waals surface area (Å²) in [7, 11) is 0. The second kappa shape index (κ2) is 19.4. The second-order valence-corrected chi connectivity index (χ2v) is 14.7. The number of carboxylic acid groups (broad SMARTS) is 1. The molecular weight excluding hydrogens is 798 g/mol. The van der Waals surface area contributed by atoms with Crippen molar-refractivity contribution in [2.75, 3.05) is 13.2 Å². The summed E-state index contributed by atoms with van der Waals surface area (Å²) in [5.74, 6) is -2.56. The van der Waals surface area contributed by atoms with E-state index in [0.717, 1.165) is 6.92 Å². The van der Waals surface area contributed by atoms with Gasteiger partial charge in [-0.15, -0.1) is 0 Å². The summed E-state index contributed by atoms with van der Waals surface area (Å²) in [6.07, 6.45) is -44.8. The van der Waals surface area contributed by atoms with Gasteiger partial charge >= 0.3 is 5.97 Å². The van der Waals surface area contributed by atoms with Crippen LogP contribution >= 0.6 is 0 Å². The minimum absolute atomic E-state index is 0.773. The highest BCUT2D eigenvalue weighted by atomic mass is 16.8. The van der Waals surface area contributed by atoms with Crippen LogP contribution in [0.4, 0.5) is 0 Å². The van der Waals surface area contributed by atoms with E-state index in [9.17, 15) is 81.1 Å². The molecule has 0 aromatic carbocycles. The van der Waals surface area contributed by atoms with Crippen LogP contribution < -0.4 is 5.32 Å². The van der Waals surface area contributed by atoms with E-state index in [1.165, 1.54) is 13.8 Å². The predicted octanol–water partition coefficient (Wildman–Crippen LogP) is -9.63. The number of hydrogen-bond acceptors (Lipinski definition) is 24. The smallest absolute Gasteiger partial charge is 0.335 e. The molecule has 0 bridgehead atoms. The van der Waals surface area contributed by atoms with Crippen LogP contribution in [0.1, 0.15) is 20.8 Å². The summed E-state index contributed by atoms with van der Waals surface area (Å²) in [6, 6.07) is -1.64. The highest BCUT2D eigenvalue weighted by Gasteiger charge is 2.57. The third-order valence-corrected chi connectivity index (χ3v) is 10.6. The van der Waals surface area contributed by atoms with Crippen molar-refractivity contribution in [2.24, 2.45) is 0 Å². The van der Waals surface area contributed by atoms with Crippen molar-refractivity contribution >= 4 is 11.9 Å². The highest BCUT2D eigenvalue weighted by molar-refractivity contribution is 5.73. The lowest BCUT2D eigenvalue weighted by atomic mass is 9.94. The Morgan fingerprint density at radius 1 is 0.500 bits per heavy atom. The number of aliphatic hydroxyl groups excluding tert-OH is 13. The molecule has 5 rings (SSSR count). The van der Waals surface area contributed by atoms with Crippen molar-refractivity contribution in [3.63, 3.8) is 0 Å². The number of carboxylic acids is 1. The number of aliphatic hydroxyl groups is 13. The van der Waals surface area contributed by atoms with E-state index < -0.39 is 179 Å². The molecule has 0 saturated carbocycles. The molecule has 0 aromatic rings. The fourth-order valence-corrected chi connectivity index (χ4v) is 7.27. The molecule has 0 spiro atoms. The molecule has 5 heterocycles. The fourth-order valence-electron chi connectivity index (χ4n) is 7.27. The first-order valence-corrected chi connectivity index (χ1v) is 18.3. The molecule has 0 aromatic heterocycles. The number of rotatable bonds is 12. The van der Waals surface area contributed by atoms with Crippen LogP contribution in [0.15, 0.2) is 0 Å². The Bertz CT molecular complexity index is 1350. The molecule has 1 amide bonds. The van der Waals surface area contributed by atoms with Gasteiger partial charge in [-0.25, -0.2) is 4.79 Å². The zero-order valence-corrected chi connectivity index (χ0v) is 31.1. The van der Waals surface area contributed by atoms with Crippen LogP contribution in [0.2, 0.25) is 0 Å². The van der Waals surface area contributed by atoms with E-state index in [2.05, 4.69) is 5.32 Å². The Balaban J connectivity index is 1.49. The molecule has 25 atom stereocenters. The average Bonchev–Trinajstić information content (AvgIpc) is 3.17. The Morgan fingerprint density at radius 3 is 1.59 bits per heavy atom. The van der Waals surface area contributed by atoms with Gasteiger partial charge in [0, 0.05) is 6.92 Å². The van der Waals surface area contributed by atoms with E-state index in [-0.39, 0.29) is 0 Å². The van der Waals surface area contributed by atoms with Crippen molar-refractivity contribution in [1.82, 2.24) is 5.32 Å². The molecule has 336 valence electrons. The molecule has 0 radical (unpaired) electrons. The summed E-state index contributed by atoms with van der Waals surface area (Å²) >= 11 is 0. The van der Waals surface area contributed by atoms with Crippen LogP contribution in [0.5, 0.6) is 0 Å². The normalized spacial score (nSPS) is 51.6. The monoisotopic (exact) mass is 851 g/mol. The van der Waals surface area contributed by atoms with E-state index in [4.69, 9.17) is 42.6 Å². The maximum Gasteiger partial charge on any atom is 0.335 e. The maximum atomic E-state index is 12.4. The van der Waals surface area contributed by atoms with Gasteiger partial charge in [0.15, 0.2) is 37.6 Å². The molecule has 1 unspecified atom stereocenters. The van der Waals surface area contributed by atoms with Crippen molar-refractivity contribution < 1.29 is 124 Å². The van der Waals surface area contributed by atoms with Crippen LogP contribution in [-0.4, -0.2) is 250 Å². The minimum Gasteiger partial charge on any atom is -0.479 e. The van der Waals surface area contributed by atoms with Crippen LogP contribution in [0, 0.1) is 0 Å². The lowest BCUT2D eigenvalue weighted by Gasteiger charge is -2.51. The zero-order chi connectivity index (χ0) is 43.1. The summed E-state index contributed by atoms with van der Waals surface area (Å²) in [6.45, 7) is 1.78. The molecule has 5 aliphatic heterocycles. The zero-order valence-electron chi connectivity index (χ0n) is 31.1. The lowest BCUT2D eigenvalue weighted by Crippen LogP contribution is -2.70. The fraction of sp³-hybridized carbons (Fsp3) is 0.938. The number of hydrogen-bond donors (Lipinski definition) is 15. The van der Waals surface area contributed by atoms with Crippen molar-refractivity contribution in [2.45, 2.75) is 174 Å². The third-order valence-electron chi connectivity index (χ3n) is 10.6. The molecule has 26 nitrogen and oxygen atoms in total. The number of nitrogens with one attached hydrogen (secondary N) is 1. The number of ether oxygens (including phenoxy) is 9. The van der Waals surface area contributed by atoms with Gasteiger partial charge in [0.2, 0.25) is 5.91 Å². The SMILES string of the molecule is CC(=O)N[C@H]1[C@H](O[C@@H]2[C@@H](O)[C@H](C)OC(O)[C@@H]2O)O[C@H](CO)[C@@H](O[C@H]2O[C@@H](C)[C@H](O)[C@@H](O[C@@H]3O[C@H](C(=O)O)[C@@H](O)[C@H](O)[C@H]3O)[C@H]2O[C@H]2O[C@H](CO)[C@@H](O)[C@H](O)[C@H]2O)[C@@H]1O. The summed E-state index contributed by atoms with van der Waals surface area (Å²) in [4.78, 5) is 24.2. The molecule has 58 heavy (non-hydrogen) atoms. The topological polar surface area (TPSA) is 412 Å². The molecular formula is C32H53NO25. The molecule has 0 aliphatic carbocycles. The second-order valence-electron chi connectivity index (χ2n) is 14.7. The Hall–Kier alpha value is -1.94. The van der Waals surface area contributed by atoms with E-state index >= 15 is 0 Å². The first kappa shape index (κ1) is 47.1. The van der Waals surface area contributed by atoms with Crippen LogP contribution in [0.3, 0.4) is 0 Å². The molecule has 26 heteroatoms. The minimum atomic E-state index is -2.18. The van der Waals surface area contributed by atoms with Gasteiger partial charge in [0.1, 0.15) is 104 Å². The standard InChI is InChI=1S/C32H53NO25/c1-6-12(37)23(21(46)28(49)50-6)55-29-11(33-8(3)36)15(40)22(10(5-35)53-29)54-32-26(58-30-19(44)16(41)14(39)9(4-34)52-30)24(13(38)7(2)51-32)56-31-20(45)17(42)18(43)25(57-31)27(47)48/h6-7,9-26,28-32,34-35,37-46,49H,4-5H2,1-3H3,(H,33,36)(H,47,48)/t6-,7-,9+,10+,11+,12-,13-,14+,15+,16-,17-,18-,19+,20+,21+,22+,23+,24+,25-,26+,28?,29-,30+,31+,32+/m0/s1. The van der Waals surface area contributed by atoms with Gasteiger partial charge in [0.05, 0.1) is 25.4 Å². The van der Waals surface area contributed by atoms with E-state index in [1.54, 1.807) is 0 Å². The average molecular weight is 852 g/mol. The van der Waals surface area contributed by atoms with Crippen molar-refractivity contribution in [3.05, 3.63) is 0 Å². The molecule has 5 saturated heterocycles. The van der Waals surface area contributed by atoms with E-state index in [1.807, 2.05) is 0 Å². The van der Waals surface area contributed by atoms with Gasteiger partial charge in [0.25, 0.3) is 0 Å². The quantitative estimate of drug-likeness (QED) is 0.0867. The number of carbonyl (C=O) groups excluding carboxylic acids is 1. The van der Waals surface area contributed by atoms with Crippen LogP contribution in [-0.2, 0) is 52.2 Å². The van der Waals surface area contributed by atoms with E-state index in [0.29, 0.717) is 0 Å². The van der Waals surface area contributed by atoms with Gasteiger partial charge < -0.3 is 119 Å². The highest BCUT2D eigenvalue weighted by Crippen LogP contribution is 2.37. The first-order chi connectivity index (χ1) is 27.2. The molecule has 15 N–H and O–H groups in total. The Morgan fingerprint density at radius 2 is 1.00 bits per heavy atom. The first-order valence-electron chi connectivity index (χ1n) is 18.3. The Kier molecular flexibility index (Phi) is 15.8. The maximum absolute atomic E-state index is 12.4. The van der Waals surface area contributed by atoms with Gasteiger partial charge in [-0.2, -0.15) is 0 Å². The summed E-state index contributed by atoms with van der Waals surface area (Å²) in [5, 5.41) is 150. The van der Waals surface area contributed by atoms with Gasteiger partial charge in [-0.3, -0.25) is 4.79 Å². The largest absolute Gasteiger partial charge is 0.479 e. The van der Waals surface area contributed by atoms with Crippen molar-refractivity contribution in [1.29, 1.82) is 0 Å². The molecule has 5 aliphatic rings. The van der Waals surface area contributed by atoms with Gasteiger partial charge in [-0.1, -0.05) is 0 Å². The number of aliphatic carboxylic acids is 1. The number of carbonyl (C=O) groups is 2.